The molecule has 8 aromatic rings. The van der Waals surface area contributed by atoms with Gasteiger partial charge >= 0.3 is 0 Å². The lowest BCUT2D eigenvalue weighted by Gasteiger charge is -2.19. The van der Waals surface area contributed by atoms with E-state index in [0.717, 1.165) is 5.56 Å². The van der Waals surface area contributed by atoms with E-state index in [1.807, 2.05) is 18.5 Å². The summed E-state index contributed by atoms with van der Waals surface area (Å²) in [5.74, 6) is 0. The second kappa shape index (κ2) is 10.1. The van der Waals surface area contributed by atoms with Crippen molar-refractivity contribution in [2.24, 2.45) is 0 Å². The normalized spacial score (nSPS) is 11.3. The van der Waals surface area contributed by atoms with E-state index in [1.54, 1.807) is 0 Å². The maximum atomic E-state index is 4.29. The van der Waals surface area contributed by atoms with Gasteiger partial charge in [0.2, 0.25) is 0 Å². The first-order valence-electron chi connectivity index (χ1n) is 14.4. The summed E-state index contributed by atoms with van der Waals surface area (Å²) in [5, 5.41) is 7.61. The zero-order chi connectivity index (χ0) is 27.9. The second-order valence-corrected chi connectivity index (χ2v) is 10.7. The van der Waals surface area contributed by atoms with Crippen LogP contribution < -0.4 is 0 Å². The van der Waals surface area contributed by atoms with Crippen LogP contribution in [0.3, 0.4) is 0 Å². The molecule has 1 nitrogen and oxygen atoms in total. The molecule has 0 bridgehead atoms. The summed E-state index contributed by atoms with van der Waals surface area (Å²) >= 11 is 0. The maximum absolute atomic E-state index is 4.29. The van der Waals surface area contributed by atoms with Gasteiger partial charge in [-0.3, -0.25) is 4.98 Å². The SMILES string of the molecule is c1ccc(-c2c3ccccc3c(-c3ccc(-c4ccc(-c5cccnc5)cc4)c4ccccc34)c3ccccc23)cc1. The van der Waals surface area contributed by atoms with Crippen molar-refractivity contribution < 1.29 is 0 Å². The Labute approximate surface area is 245 Å². The summed E-state index contributed by atoms with van der Waals surface area (Å²) in [7, 11) is 0. The third-order valence-electron chi connectivity index (χ3n) is 8.38. The van der Waals surface area contributed by atoms with E-state index in [-0.39, 0.29) is 0 Å². The van der Waals surface area contributed by atoms with Gasteiger partial charge in [-0.1, -0.05) is 146 Å². The average Bonchev–Trinajstić information content (AvgIpc) is 3.08. The largest absolute Gasteiger partial charge is 0.264 e. The molecule has 0 spiro atoms. The molecule has 1 aromatic heterocycles. The molecular formula is C41H27N. The van der Waals surface area contributed by atoms with E-state index in [2.05, 4.69) is 151 Å². The molecule has 1 heteroatoms. The maximum Gasteiger partial charge on any atom is 0.0346 e. The summed E-state index contributed by atoms with van der Waals surface area (Å²) in [6.07, 6.45) is 3.73. The fourth-order valence-electron chi connectivity index (χ4n) is 6.48. The van der Waals surface area contributed by atoms with Gasteiger partial charge in [0, 0.05) is 12.4 Å². The fourth-order valence-corrected chi connectivity index (χ4v) is 6.48. The fraction of sp³-hybridized carbons (Fsp3) is 0. The van der Waals surface area contributed by atoms with Crippen molar-refractivity contribution >= 4 is 32.3 Å². The summed E-state index contributed by atoms with van der Waals surface area (Å²) in [6, 6.07) is 54.9. The lowest BCUT2D eigenvalue weighted by Crippen LogP contribution is -1.92. The van der Waals surface area contributed by atoms with Crippen molar-refractivity contribution in [2.75, 3.05) is 0 Å². The number of fused-ring (bicyclic) bond motifs is 3. The van der Waals surface area contributed by atoms with Crippen LogP contribution >= 0.6 is 0 Å². The molecule has 7 aromatic carbocycles. The average molecular weight is 534 g/mol. The Kier molecular flexibility index (Phi) is 5.86. The van der Waals surface area contributed by atoms with Crippen LogP contribution in [-0.4, -0.2) is 4.98 Å². The van der Waals surface area contributed by atoms with E-state index in [0.29, 0.717) is 0 Å². The highest BCUT2D eigenvalue weighted by molar-refractivity contribution is 6.24. The molecule has 1 heterocycles. The van der Waals surface area contributed by atoms with Crippen LogP contribution in [0.15, 0.2) is 164 Å². The second-order valence-electron chi connectivity index (χ2n) is 10.7. The van der Waals surface area contributed by atoms with E-state index in [9.17, 15) is 0 Å². The van der Waals surface area contributed by atoms with Crippen LogP contribution in [0.5, 0.6) is 0 Å². The van der Waals surface area contributed by atoms with Crippen LogP contribution in [0, 0.1) is 0 Å². The molecule has 0 amide bonds. The number of benzene rings is 7. The molecule has 42 heavy (non-hydrogen) atoms. The van der Waals surface area contributed by atoms with Gasteiger partial charge in [-0.2, -0.15) is 0 Å². The van der Waals surface area contributed by atoms with Crippen LogP contribution in [0.2, 0.25) is 0 Å². The Morgan fingerprint density at radius 2 is 0.762 bits per heavy atom. The Morgan fingerprint density at radius 3 is 1.36 bits per heavy atom. The van der Waals surface area contributed by atoms with Gasteiger partial charge in [0.15, 0.2) is 0 Å². The van der Waals surface area contributed by atoms with E-state index in [1.165, 1.54) is 71.3 Å². The van der Waals surface area contributed by atoms with Gasteiger partial charge in [-0.05, 0) is 82.9 Å². The van der Waals surface area contributed by atoms with Gasteiger partial charge < -0.3 is 0 Å². The Hall–Kier alpha value is -5.53. The molecular weight excluding hydrogens is 506 g/mol. The van der Waals surface area contributed by atoms with Crippen LogP contribution in [-0.2, 0) is 0 Å². The molecule has 0 fully saturated rings. The lowest BCUT2D eigenvalue weighted by molar-refractivity contribution is 1.33. The first-order chi connectivity index (χ1) is 20.9. The lowest BCUT2D eigenvalue weighted by atomic mass is 9.84. The highest BCUT2D eigenvalue weighted by Gasteiger charge is 2.18. The van der Waals surface area contributed by atoms with Crippen molar-refractivity contribution in [1.29, 1.82) is 0 Å². The number of pyridine rings is 1. The molecule has 0 atom stereocenters. The molecule has 0 radical (unpaired) electrons. The van der Waals surface area contributed by atoms with E-state index >= 15 is 0 Å². The molecule has 0 N–H and O–H groups in total. The quantitative estimate of drug-likeness (QED) is 0.205. The molecule has 0 unspecified atom stereocenters. The highest BCUT2D eigenvalue weighted by Crippen LogP contribution is 2.46. The van der Waals surface area contributed by atoms with Gasteiger partial charge in [0.05, 0.1) is 0 Å². The molecule has 0 saturated carbocycles. The van der Waals surface area contributed by atoms with Gasteiger partial charge in [-0.25, -0.2) is 0 Å². The van der Waals surface area contributed by atoms with E-state index < -0.39 is 0 Å². The third kappa shape index (κ3) is 3.98. The number of aromatic nitrogens is 1. The Balaban J connectivity index is 1.38. The minimum absolute atomic E-state index is 1.13. The third-order valence-corrected chi connectivity index (χ3v) is 8.38. The van der Waals surface area contributed by atoms with Crippen LogP contribution in [0.1, 0.15) is 0 Å². The van der Waals surface area contributed by atoms with Crippen molar-refractivity contribution in [3.8, 4) is 44.5 Å². The molecule has 0 saturated heterocycles. The topological polar surface area (TPSA) is 12.9 Å². The molecule has 196 valence electrons. The zero-order valence-corrected chi connectivity index (χ0v) is 23.0. The summed E-state index contributed by atoms with van der Waals surface area (Å²) in [4.78, 5) is 4.29. The number of rotatable bonds is 4. The van der Waals surface area contributed by atoms with Crippen molar-refractivity contribution in [3.05, 3.63) is 164 Å². The predicted octanol–water partition coefficient (Wildman–Crippen LogP) is 11.2. The molecule has 0 aliphatic heterocycles. The summed E-state index contributed by atoms with van der Waals surface area (Å²) in [6.45, 7) is 0. The van der Waals surface area contributed by atoms with Gasteiger partial charge in [-0.15, -0.1) is 0 Å². The van der Waals surface area contributed by atoms with Crippen molar-refractivity contribution in [1.82, 2.24) is 4.98 Å². The predicted molar refractivity (Wildman–Crippen MR) is 178 cm³/mol. The van der Waals surface area contributed by atoms with Gasteiger partial charge in [0.25, 0.3) is 0 Å². The minimum Gasteiger partial charge on any atom is -0.264 e. The van der Waals surface area contributed by atoms with Crippen molar-refractivity contribution in [2.45, 2.75) is 0 Å². The minimum atomic E-state index is 1.13. The molecule has 8 rings (SSSR count). The highest BCUT2D eigenvalue weighted by atomic mass is 14.6. The standard InChI is InChI=1S/C41H27N/c1-2-11-30(12-3-1)40-35-16-6-8-18-37(35)41(38-19-9-7-17-36(38)40)39-25-24-32(33-14-4-5-15-34(33)39)29-22-20-28(21-23-29)31-13-10-26-42-27-31/h1-27H. The summed E-state index contributed by atoms with van der Waals surface area (Å²) < 4.78 is 0. The first-order valence-corrected chi connectivity index (χ1v) is 14.4. The number of hydrogen-bond acceptors (Lipinski definition) is 1. The number of hydrogen-bond donors (Lipinski definition) is 0. The monoisotopic (exact) mass is 533 g/mol. The van der Waals surface area contributed by atoms with E-state index in [4.69, 9.17) is 0 Å². The zero-order valence-electron chi connectivity index (χ0n) is 23.0. The molecule has 0 aliphatic carbocycles. The van der Waals surface area contributed by atoms with Crippen molar-refractivity contribution in [3.63, 3.8) is 0 Å². The Bertz CT molecular complexity index is 2160. The van der Waals surface area contributed by atoms with Crippen LogP contribution in [0.4, 0.5) is 0 Å². The Morgan fingerprint density at radius 1 is 0.286 bits per heavy atom. The van der Waals surface area contributed by atoms with Crippen LogP contribution in [0.25, 0.3) is 76.8 Å². The smallest absolute Gasteiger partial charge is 0.0346 e. The summed E-state index contributed by atoms with van der Waals surface area (Å²) in [5.41, 5.74) is 9.82. The number of nitrogens with zero attached hydrogens (tertiary/aromatic N) is 1. The molecule has 0 aliphatic rings. The van der Waals surface area contributed by atoms with Gasteiger partial charge in [0.1, 0.15) is 0 Å². The first kappa shape index (κ1) is 24.3.